The molecule has 1 aliphatic rings. The molecule has 1 aromatic rings. The number of nitrogens with zero attached hydrogens (tertiary/aromatic N) is 1. The van der Waals surface area contributed by atoms with Crippen molar-refractivity contribution in [3.05, 3.63) is 35.2 Å². The van der Waals surface area contributed by atoms with Crippen LogP contribution in [0, 0.1) is 5.82 Å². The van der Waals surface area contributed by atoms with Crippen LogP contribution in [0.2, 0.25) is 0 Å². The minimum absolute atomic E-state index is 0.227. The normalized spacial score (nSPS) is 17.1. The minimum Gasteiger partial charge on any atom is -0.494 e. The van der Waals surface area contributed by atoms with Crippen LogP contribution in [0.1, 0.15) is 44.6 Å². The SMILES string of the molecule is CCCCC1=C(c2ccc(OC)c(F)c2)/C(=N/O)CC1. The maximum atomic E-state index is 13.9. The largest absolute Gasteiger partial charge is 0.494 e. The van der Waals surface area contributed by atoms with Gasteiger partial charge in [-0.05, 0) is 43.4 Å². The Morgan fingerprint density at radius 2 is 2.15 bits per heavy atom. The van der Waals surface area contributed by atoms with Gasteiger partial charge in [0.25, 0.3) is 0 Å². The number of rotatable bonds is 5. The smallest absolute Gasteiger partial charge is 0.165 e. The molecule has 0 saturated carbocycles. The first-order valence-corrected chi connectivity index (χ1v) is 6.98. The Morgan fingerprint density at radius 3 is 2.75 bits per heavy atom. The lowest BCUT2D eigenvalue weighted by Crippen LogP contribution is -1.99. The van der Waals surface area contributed by atoms with Gasteiger partial charge in [0.2, 0.25) is 0 Å². The van der Waals surface area contributed by atoms with E-state index in [0.717, 1.165) is 43.2 Å². The molecule has 0 unspecified atom stereocenters. The molecule has 0 aliphatic heterocycles. The molecule has 1 N–H and O–H groups in total. The van der Waals surface area contributed by atoms with Gasteiger partial charge >= 0.3 is 0 Å². The van der Waals surface area contributed by atoms with E-state index in [4.69, 9.17) is 9.94 Å². The van der Waals surface area contributed by atoms with Crippen molar-refractivity contribution in [3.63, 3.8) is 0 Å². The van der Waals surface area contributed by atoms with E-state index in [-0.39, 0.29) is 5.75 Å². The van der Waals surface area contributed by atoms with Gasteiger partial charge < -0.3 is 9.94 Å². The highest BCUT2D eigenvalue weighted by molar-refractivity contribution is 6.26. The number of halogens is 1. The predicted octanol–water partition coefficient (Wildman–Crippen LogP) is 4.40. The summed E-state index contributed by atoms with van der Waals surface area (Å²) in [6.07, 6.45) is 4.79. The lowest BCUT2D eigenvalue weighted by molar-refractivity contribution is 0.319. The molecular weight excluding hydrogens is 257 g/mol. The number of unbranched alkanes of at least 4 members (excludes halogenated alkanes) is 1. The fourth-order valence-corrected chi connectivity index (χ4v) is 2.66. The molecule has 0 aromatic heterocycles. The van der Waals surface area contributed by atoms with Crippen molar-refractivity contribution < 1.29 is 14.3 Å². The number of ether oxygens (including phenoxy) is 1. The van der Waals surface area contributed by atoms with Crippen molar-refractivity contribution in [1.29, 1.82) is 0 Å². The fourth-order valence-electron chi connectivity index (χ4n) is 2.66. The summed E-state index contributed by atoms with van der Waals surface area (Å²) >= 11 is 0. The summed E-state index contributed by atoms with van der Waals surface area (Å²) in [6.45, 7) is 2.14. The summed E-state index contributed by atoms with van der Waals surface area (Å²) in [7, 11) is 1.44. The molecule has 3 nitrogen and oxygen atoms in total. The average Bonchev–Trinajstić information content (AvgIpc) is 2.87. The Bertz CT molecular complexity index is 549. The van der Waals surface area contributed by atoms with Crippen LogP contribution < -0.4 is 4.74 Å². The summed E-state index contributed by atoms with van der Waals surface area (Å²) in [5.74, 6) is -0.165. The first kappa shape index (κ1) is 14.6. The van der Waals surface area contributed by atoms with Crippen molar-refractivity contribution in [2.75, 3.05) is 7.11 Å². The number of allylic oxidation sites excluding steroid dienone is 2. The molecular formula is C16H20FNO2. The summed E-state index contributed by atoms with van der Waals surface area (Å²) in [5, 5.41) is 12.5. The van der Waals surface area contributed by atoms with E-state index < -0.39 is 5.82 Å². The van der Waals surface area contributed by atoms with E-state index in [9.17, 15) is 4.39 Å². The van der Waals surface area contributed by atoms with Crippen molar-refractivity contribution in [2.24, 2.45) is 5.16 Å². The van der Waals surface area contributed by atoms with Crippen LogP contribution in [0.4, 0.5) is 4.39 Å². The second kappa shape index (κ2) is 6.55. The molecule has 0 bridgehead atoms. The lowest BCUT2D eigenvalue weighted by atomic mass is 9.98. The molecule has 4 heteroatoms. The van der Waals surface area contributed by atoms with E-state index in [0.29, 0.717) is 5.71 Å². The number of methoxy groups -OCH3 is 1. The standard InChI is InChI=1S/C16H20FNO2/c1-3-4-5-11-6-8-14(18-19)16(11)12-7-9-15(20-2)13(17)10-12/h7,9-10,19H,3-6,8H2,1-2H3/b18-14+. The molecule has 0 heterocycles. The lowest BCUT2D eigenvalue weighted by Gasteiger charge is -2.09. The van der Waals surface area contributed by atoms with E-state index in [2.05, 4.69) is 12.1 Å². The molecule has 0 fully saturated rings. The Hall–Kier alpha value is -1.84. The zero-order valence-electron chi connectivity index (χ0n) is 11.9. The number of oxime groups is 1. The van der Waals surface area contributed by atoms with Crippen molar-refractivity contribution in [1.82, 2.24) is 0 Å². The average molecular weight is 277 g/mol. The maximum absolute atomic E-state index is 13.9. The molecule has 0 atom stereocenters. The zero-order chi connectivity index (χ0) is 14.5. The third-order valence-electron chi connectivity index (χ3n) is 3.70. The van der Waals surface area contributed by atoms with E-state index in [1.807, 2.05) is 6.07 Å². The van der Waals surface area contributed by atoms with Gasteiger partial charge in [-0.15, -0.1) is 0 Å². The number of hydrogen-bond donors (Lipinski definition) is 1. The maximum Gasteiger partial charge on any atom is 0.165 e. The van der Waals surface area contributed by atoms with E-state index >= 15 is 0 Å². The van der Waals surface area contributed by atoms with Gasteiger partial charge in [0.1, 0.15) is 0 Å². The van der Waals surface area contributed by atoms with Crippen LogP contribution in [0.3, 0.4) is 0 Å². The summed E-state index contributed by atoms with van der Waals surface area (Å²) < 4.78 is 18.8. The highest BCUT2D eigenvalue weighted by atomic mass is 19.1. The van der Waals surface area contributed by atoms with Crippen LogP contribution in [0.25, 0.3) is 5.57 Å². The molecule has 0 amide bonds. The topological polar surface area (TPSA) is 41.8 Å². The molecule has 20 heavy (non-hydrogen) atoms. The first-order chi connectivity index (χ1) is 9.71. The van der Waals surface area contributed by atoms with Crippen molar-refractivity contribution in [2.45, 2.75) is 39.0 Å². The van der Waals surface area contributed by atoms with Crippen LogP contribution in [0.15, 0.2) is 28.9 Å². The Morgan fingerprint density at radius 1 is 1.35 bits per heavy atom. The fraction of sp³-hybridized carbons (Fsp3) is 0.438. The van der Waals surface area contributed by atoms with Gasteiger partial charge in [-0.2, -0.15) is 0 Å². The monoisotopic (exact) mass is 277 g/mol. The van der Waals surface area contributed by atoms with Crippen LogP contribution >= 0.6 is 0 Å². The highest BCUT2D eigenvalue weighted by Crippen LogP contribution is 2.36. The number of hydrogen-bond acceptors (Lipinski definition) is 3. The highest BCUT2D eigenvalue weighted by Gasteiger charge is 2.23. The minimum atomic E-state index is -0.392. The number of benzene rings is 1. The molecule has 0 spiro atoms. The first-order valence-electron chi connectivity index (χ1n) is 6.98. The van der Waals surface area contributed by atoms with Gasteiger partial charge in [-0.25, -0.2) is 4.39 Å². The second-order valence-electron chi connectivity index (χ2n) is 4.98. The third kappa shape index (κ3) is 2.84. The quantitative estimate of drug-likeness (QED) is 0.640. The van der Waals surface area contributed by atoms with Gasteiger partial charge in [0, 0.05) is 5.57 Å². The van der Waals surface area contributed by atoms with E-state index in [1.165, 1.54) is 18.7 Å². The molecule has 1 aliphatic carbocycles. The van der Waals surface area contributed by atoms with Crippen LogP contribution in [0.5, 0.6) is 5.75 Å². The van der Waals surface area contributed by atoms with Crippen LogP contribution in [-0.4, -0.2) is 18.0 Å². The Kier molecular flexibility index (Phi) is 4.77. The predicted molar refractivity (Wildman–Crippen MR) is 77.9 cm³/mol. The van der Waals surface area contributed by atoms with Crippen LogP contribution in [-0.2, 0) is 0 Å². The molecule has 108 valence electrons. The Labute approximate surface area is 118 Å². The Balaban J connectivity index is 2.41. The van der Waals surface area contributed by atoms with Crippen molar-refractivity contribution in [3.8, 4) is 5.75 Å². The third-order valence-corrected chi connectivity index (χ3v) is 3.70. The van der Waals surface area contributed by atoms with Gasteiger partial charge in [-0.1, -0.05) is 30.1 Å². The molecule has 1 aromatic carbocycles. The zero-order valence-corrected chi connectivity index (χ0v) is 11.9. The molecule has 0 saturated heterocycles. The second-order valence-corrected chi connectivity index (χ2v) is 4.98. The molecule has 2 rings (SSSR count). The van der Waals surface area contributed by atoms with Crippen molar-refractivity contribution >= 4 is 11.3 Å². The van der Waals surface area contributed by atoms with Gasteiger partial charge in [-0.3, -0.25) is 0 Å². The molecule has 0 radical (unpaired) electrons. The van der Waals surface area contributed by atoms with E-state index in [1.54, 1.807) is 6.07 Å². The van der Waals surface area contributed by atoms with Gasteiger partial charge in [0.05, 0.1) is 12.8 Å². The van der Waals surface area contributed by atoms with Gasteiger partial charge in [0.15, 0.2) is 11.6 Å². The summed E-state index contributed by atoms with van der Waals surface area (Å²) in [6, 6.07) is 4.89. The summed E-state index contributed by atoms with van der Waals surface area (Å²) in [5.41, 5.74) is 3.58. The summed E-state index contributed by atoms with van der Waals surface area (Å²) in [4.78, 5) is 0.